The third-order valence-electron chi connectivity index (χ3n) is 3.52. The Kier molecular flexibility index (Phi) is 4.60. The molecular weight excluding hydrogens is 327 g/mol. The maximum atomic E-state index is 14.2. The molecule has 1 amide bonds. The minimum atomic E-state index is -0.541. The molecule has 2 aromatic carbocycles. The zero-order valence-electron chi connectivity index (χ0n) is 13.6. The molecule has 7 nitrogen and oxygen atoms in total. The van der Waals surface area contributed by atoms with E-state index in [1.165, 1.54) is 43.7 Å². The van der Waals surface area contributed by atoms with Gasteiger partial charge in [0.25, 0.3) is 5.91 Å². The SMILES string of the molecule is COc1cccc(C(=O)Nc2ccc(-n3cncn3)c(F)c2)c1OC. The first-order chi connectivity index (χ1) is 12.1. The molecule has 0 saturated heterocycles. The second-order valence-corrected chi connectivity index (χ2v) is 5.00. The van der Waals surface area contributed by atoms with Crippen molar-refractivity contribution in [3.8, 4) is 17.2 Å². The number of halogens is 1. The van der Waals surface area contributed by atoms with Gasteiger partial charge in [0.05, 0.1) is 19.8 Å². The average Bonchev–Trinajstić information content (AvgIpc) is 3.15. The van der Waals surface area contributed by atoms with Crippen LogP contribution in [0, 0.1) is 5.82 Å². The zero-order valence-corrected chi connectivity index (χ0v) is 13.6. The Balaban J connectivity index is 1.86. The molecule has 0 radical (unpaired) electrons. The van der Waals surface area contributed by atoms with Crippen LogP contribution in [0.1, 0.15) is 10.4 Å². The first kappa shape index (κ1) is 16.4. The summed E-state index contributed by atoms with van der Waals surface area (Å²) in [5.41, 5.74) is 0.813. The number of benzene rings is 2. The Labute approximate surface area is 143 Å². The molecule has 0 bridgehead atoms. The van der Waals surface area contributed by atoms with Gasteiger partial charge >= 0.3 is 0 Å². The van der Waals surface area contributed by atoms with Crippen molar-refractivity contribution in [1.82, 2.24) is 14.8 Å². The summed E-state index contributed by atoms with van der Waals surface area (Å²) in [6, 6.07) is 9.23. The average molecular weight is 342 g/mol. The van der Waals surface area contributed by atoms with Gasteiger partial charge in [-0.3, -0.25) is 4.79 Å². The van der Waals surface area contributed by atoms with Gasteiger partial charge in [-0.1, -0.05) is 6.07 Å². The molecule has 0 saturated carbocycles. The predicted octanol–water partition coefficient (Wildman–Crippen LogP) is 2.68. The molecule has 0 atom stereocenters. The molecule has 8 heteroatoms. The Morgan fingerprint density at radius 2 is 2.04 bits per heavy atom. The number of carbonyl (C=O) groups excluding carboxylic acids is 1. The van der Waals surface area contributed by atoms with E-state index < -0.39 is 11.7 Å². The maximum Gasteiger partial charge on any atom is 0.259 e. The van der Waals surface area contributed by atoms with Gasteiger partial charge in [-0.25, -0.2) is 14.1 Å². The lowest BCUT2D eigenvalue weighted by Gasteiger charge is -2.13. The van der Waals surface area contributed by atoms with Crippen LogP contribution >= 0.6 is 0 Å². The highest BCUT2D eigenvalue weighted by Gasteiger charge is 2.17. The predicted molar refractivity (Wildman–Crippen MR) is 88.8 cm³/mol. The summed E-state index contributed by atoms with van der Waals surface area (Å²) in [6.07, 6.45) is 2.70. The van der Waals surface area contributed by atoms with E-state index in [-0.39, 0.29) is 11.3 Å². The molecule has 25 heavy (non-hydrogen) atoms. The molecule has 0 aliphatic carbocycles. The maximum absolute atomic E-state index is 14.2. The third kappa shape index (κ3) is 3.27. The number of aromatic nitrogens is 3. The van der Waals surface area contributed by atoms with Crippen molar-refractivity contribution in [3.05, 3.63) is 60.4 Å². The number of methoxy groups -OCH3 is 2. The molecule has 0 aliphatic heterocycles. The van der Waals surface area contributed by atoms with Crippen LogP contribution in [-0.2, 0) is 0 Å². The number of nitrogens with one attached hydrogen (secondary N) is 1. The van der Waals surface area contributed by atoms with Gasteiger partial charge in [-0.05, 0) is 30.3 Å². The number of hydrogen-bond acceptors (Lipinski definition) is 5. The number of anilines is 1. The van der Waals surface area contributed by atoms with Crippen molar-refractivity contribution in [2.75, 3.05) is 19.5 Å². The van der Waals surface area contributed by atoms with Gasteiger partial charge in [0, 0.05) is 5.69 Å². The van der Waals surface area contributed by atoms with Gasteiger partial charge in [0.1, 0.15) is 18.3 Å². The summed E-state index contributed by atoms with van der Waals surface area (Å²) in [7, 11) is 2.93. The van der Waals surface area contributed by atoms with Crippen LogP contribution in [0.5, 0.6) is 11.5 Å². The highest BCUT2D eigenvalue weighted by atomic mass is 19.1. The number of hydrogen-bond donors (Lipinski definition) is 1. The van der Waals surface area contributed by atoms with Crippen molar-refractivity contribution in [1.29, 1.82) is 0 Å². The Hall–Kier alpha value is -3.42. The molecule has 3 aromatic rings. The smallest absolute Gasteiger partial charge is 0.259 e. The summed E-state index contributed by atoms with van der Waals surface area (Å²) in [5.74, 6) is -0.241. The quantitative estimate of drug-likeness (QED) is 0.771. The van der Waals surface area contributed by atoms with Gasteiger partial charge in [0.15, 0.2) is 17.3 Å². The van der Waals surface area contributed by atoms with E-state index in [1.807, 2.05) is 0 Å². The van der Waals surface area contributed by atoms with Crippen molar-refractivity contribution in [2.24, 2.45) is 0 Å². The van der Waals surface area contributed by atoms with Crippen molar-refractivity contribution >= 4 is 11.6 Å². The number of para-hydroxylation sites is 1. The second kappa shape index (κ2) is 7.00. The lowest BCUT2D eigenvalue weighted by Crippen LogP contribution is -2.14. The standard InChI is InChI=1S/C17H15FN4O3/c1-24-15-5-3-4-12(16(15)25-2)17(23)21-11-6-7-14(13(18)8-11)22-10-19-9-20-22/h3-10H,1-2H3,(H,21,23). The van der Waals surface area contributed by atoms with Crippen LogP contribution in [0.15, 0.2) is 49.1 Å². The summed E-state index contributed by atoms with van der Waals surface area (Å²) in [6.45, 7) is 0. The summed E-state index contributed by atoms with van der Waals surface area (Å²) < 4.78 is 26.0. The van der Waals surface area contributed by atoms with Gasteiger partial charge < -0.3 is 14.8 Å². The molecule has 0 spiro atoms. The highest BCUT2D eigenvalue weighted by Crippen LogP contribution is 2.31. The topological polar surface area (TPSA) is 78.3 Å². The van der Waals surface area contributed by atoms with E-state index in [0.29, 0.717) is 17.2 Å². The van der Waals surface area contributed by atoms with Crippen LogP contribution in [-0.4, -0.2) is 34.9 Å². The fraction of sp³-hybridized carbons (Fsp3) is 0.118. The van der Waals surface area contributed by atoms with Gasteiger partial charge in [-0.2, -0.15) is 5.10 Å². The van der Waals surface area contributed by atoms with E-state index in [0.717, 1.165) is 0 Å². The van der Waals surface area contributed by atoms with E-state index in [4.69, 9.17) is 9.47 Å². The Morgan fingerprint density at radius 3 is 2.68 bits per heavy atom. The summed E-state index contributed by atoms with van der Waals surface area (Å²) in [5, 5.41) is 6.51. The van der Waals surface area contributed by atoms with E-state index in [1.54, 1.807) is 24.3 Å². The molecule has 1 aromatic heterocycles. The highest BCUT2D eigenvalue weighted by molar-refractivity contribution is 6.06. The zero-order chi connectivity index (χ0) is 17.8. The van der Waals surface area contributed by atoms with Crippen LogP contribution in [0.25, 0.3) is 5.69 Å². The third-order valence-corrected chi connectivity index (χ3v) is 3.52. The molecule has 1 N–H and O–H groups in total. The normalized spacial score (nSPS) is 10.4. The van der Waals surface area contributed by atoms with Crippen molar-refractivity contribution in [2.45, 2.75) is 0 Å². The second-order valence-electron chi connectivity index (χ2n) is 5.00. The fourth-order valence-corrected chi connectivity index (χ4v) is 2.37. The van der Waals surface area contributed by atoms with E-state index in [2.05, 4.69) is 15.4 Å². The van der Waals surface area contributed by atoms with E-state index >= 15 is 0 Å². The van der Waals surface area contributed by atoms with Crippen LogP contribution in [0.3, 0.4) is 0 Å². The van der Waals surface area contributed by atoms with Gasteiger partial charge in [-0.15, -0.1) is 0 Å². The minimum Gasteiger partial charge on any atom is -0.493 e. The van der Waals surface area contributed by atoms with Crippen LogP contribution in [0.2, 0.25) is 0 Å². The molecule has 0 fully saturated rings. The van der Waals surface area contributed by atoms with Crippen molar-refractivity contribution in [3.63, 3.8) is 0 Å². The lowest BCUT2D eigenvalue weighted by molar-refractivity contribution is 0.102. The minimum absolute atomic E-state index is 0.231. The molecule has 0 aliphatic rings. The first-order valence-corrected chi connectivity index (χ1v) is 7.31. The number of carbonyl (C=O) groups is 1. The lowest BCUT2D eigenvalue weighted by atomic mass is 10.1. The Bertz CT molecular complexity index is 897. The molecule has 0 unspecified atom stereocenters. The van der Waals surface area contributed by atoms with Crippen LogP contribution in [0.4, 0.5) is 10.1 Å². The number of rotatable bonds is 5. The monoisotopic (exact) mass is 342 g/mol. The first-order valence-electron chi connectivity index (χ1n) is 7.31. The summed E-state index contributed by atoms with van der Waals surface area (Å²) >= 11 is 0. The van der Waals surface area contributed by atoms with Crippen molar-refractivity contribution < 1.29 is 18.7 Å². The molecule has 1 heterocycles. The molecular formula is C17H15FN4O3. The largest absolute Gasteiger partial charge is 0.493 e. The van der Waals surface area contributed by atoms with Gasteiger partial charge in [0.2, 0.25) is 0 Å². The number of amides is 1. The molecule has 128 valence electrons. The fourth-order valence-electron chi connectivity index (χ4n) is 2.37. The number of nitrogens with zero attached hydrogens (tertiary/aromatic N) is 3. The van der Waals surface area contributed by atoms with Crippen LogP contribution < -0.4 is 14.8 Å². The molecule has 3 rings (SSSR count). The number of ether oxygens (including phenoxy) is 2. The summed E-state index contributed by atoms with van der Waals surface area (Å²) in [4.78, 5) is 16.3. The van der Waals surface area contributed by atoms with E-state index in [9.17, 15) is 9.18 Å². The Morgan fingerprint density at radius 1 is 1.20 bits per heavy atom.